The van der Waals surface area contributed by atoms with Crippen molar-refractivity contribution in [2.24, 2.45) is 0 Å². The second kappa shape index (κ2) is 7.50. The zero-order valence-electron chi connectivity index (χ0n) is 12.7. The maximum Gasteiger partial charge on any atom is 0.323 e. The Kier molecular flexibility index (Phi) is 5.42. The van der Waals surface area contributed by atoms with Gasteiger partial charge in [-0.2, -0.15) is 4.98 Å². The number of anilines is 2. The van der Waals surface area contributed by atoms with Gasteiger partial charge in [0.2, 0.25) is 5.88 Å². The molecule has 0 saturated carbocycles. The number of halogens is 1. The summed E-state index contributed by atoms with van der Waals surface area (Å²) in [5, 5.41) is 5.67. The van der Waals surface area contributed by atoms with Crippen LogP contribution in [0.15, 0.2) is 24.4 Å². The van der Waals surface area contributed by atoms with E-state index in [0.717, 1.165) is 0 Å². The van der Waals surface area contributed by atoms with Gasteiger partial charge in [0.15, 0.2) is 0 Å². The lowest BCUT2D eigenvalue weighted by atomic mass is 10.3. The van der Waals surface area contributed by atoms with Gasteiger partial charge in [-0.05, 0) is 18.2 Å². The Bertz CT molecular complexity index is 711. The van der Waals surface area contributed by atoms with Crippen LogP contribution < -0.4 is 24.8 Å². The Morgan fingerprint density at radius 1 is 1.09 bits per heavy atom. The maximum atomic E-state index is 12.1. The van der Waals surface area contributed by atoms with Crippen molar-refractivity contribution >= 4 is 29.0 Å². The second-order valence-corrected chi connectivity index (χ2v) is 4.64. The van der Waals surface area contributed by atoms with E-state index in [0.29, 0.717) is 16.5 Å². The number of nitrogens with one attached hydrogen (secondary N) is 2. The molecular weight excluding hydrogens is 324 g/mol. The van der Waals surface area contributed by atoms with Crippen LogP contribution in [0.2, 0.25) is 5.02 Å². The molecule has 0 radical (unpaired) electrons. The standard InChI is InChI=1S/C14H15ClN4O4/c1-21-11-5-4-8(15)6-9(11)17-13(20)18-10-7-16-14(23-3)19-12(10)22-2/h4-7H,1-3H3,(H2,17,18,20). The Balaban J connectivity index is 2.15. The maximum absolute atomic E-state index is 12.1. The Labute approximate surface area is 137 Å². The lowest BCUT2D eigenvalue weighted by molar-refractivity contribution is 0.261. The number of rotatable bonds is 5. The van der Waals surface area contributed by atoms with Crippen LogP contribution in [0.3, 0.4) is 0 Å². The van der Waals surface area contributed by atoms with Crippen molar-refractivity contribution < 1.29 is 19.0 Å². The van der Waals surface area contributed by atoms with Crippen LogP contribution in [-0.2, 0) is 0 Å². The first-order chi connectivity index (χ1) is 11.1. The van der Waals surface area contributed by atoms with Gasteiger partial charge < -0.3 is 24.8 Å². The highest BCUT2D eigenvalue weighted by Crippen LogP contribution is 2.28. The number of ether oxygens (including phenoxy) is 3. The van der Waals surface area contributed by atoms with E-state index in [4.69, 9.17) is 25.8 Å². The zero-order chi connectivity index (χ0) is 16.8. The fourth-order valence-electron chi connectivity index (χ4n) is 1.74. The third-order valence-corrected chi connectivity index (χ3v) is 3.00. The summed E-state index contributed by atoms with van der Waals surface area (Å²) >= 11 is 5.92. The van der Waals surface area contributed by atoms with E-state index in [1.54, 1.807) is 18.2 Å². The number of urea groups is 1. The van der Waals surface area contributed by atoms with Crippen molar-refractivity contribution in [1.82, 2.24) is 9.97 Å². The summed E-state index contributed by atoms with van der Waals surface area (Å²) < 4.78 is 15.1. The summed E-state index contributed by atoms with van der Waals surface area (Å²) in [5.41, 5.74) is 0.706. The number of benzene rings is 1. The van der Waals surface area contributed by atoms with E-state index in [9.17, 15) is 4.79 Å². The number of carbonyl (C=O) groups is 1. The van der Waals surface area contributed by atoms with Gasteiger partial charge in [0.05, 0.1) is 33.2 Å². The lowest BCUT2D eigenvalue weighted by Crippen LogP contribution is -2.20. The van der Waals surface area contributed by atoms with Crippen LogP contribution >= 0.6 is 11.6 Å². The first-order valence-electron chi connectivity index (χ1n) is 6.44. The van der Waals surface area contributed by atoms with E-state index in [-0.39, 0.29) is 17.6 Å². The summed E-state index contributed by atoms with van der Waals surface area (Å²) in [6, 6.07) is 4.47. The summed E-state index contributed by atoms with van der Waals surface area (Å²) in [5.74, 6) is 0.646. The number of methoxy groups -OCH3 is 3. The quantitative estimate of drug-likeness (QED) is 0.870. The van der Waals surface area contributed by atoms with Crippen molar-refractivity contribution in [3.8, 4) is 17.6 Å². The summed E-state index contributed by atoms with van der Waals surface area (Å²) in [4.78, 5) is 20.0. The Morgan fingerprint density at radius 3 is 2.48 bits per heavy atom. The molecule has 1 heterocycles. The predicted molar refractivity (Wildman–Crippen MR) is 85.8 cm³/mol. The SMILES string of the molecule is COc1ncc(NC(=O)Nc2cc(Cl)ccc2OC)c(OC)n1. The van der Waals surface area contributed by atoms with Crippen molar-refractivity contribution in [2.45, 2.75) is 0 Å². The third-order valence-electron chi connectivity index (χ3n) is 2.77. The monoisotopic (exact) mass is 338 g/mol. The molecule has 0 saturated heterocycles. The molecule has 0 fully saturated rings. The number of aromatic nitrogens is 2. The van der Waals surface area contributed by atoms with Gasteiger partial charge in [0.1, 0.15) is 11.4 Å². The first-order valence-corrected chi connectivity index (χ1v) is 6.81. The molecule has 0 atom stereocenters. The molecule has 2 amide bonds. The highest BCUT2D eigenvalue weighted by molar-refractivity contribution is 6.31. The fraction of sp³-hybridized carbons (Fsp3) is 0.214. The number of amides is 2. The minimum Gasteiger partial charge on any atom is -0.495 e. The van der Waals surface area contributed by atoms with Gasteiger partial charge in [0, 0.05) is 5.02 Å². The Hall–Kier alpha value is -2.74. The fourth-order valence-corrected chi connectivity index (χ4v) is 1.92. The van der Waals surface area contributed by atoms with Crippen LogP contribution in [0.1, 0.15) is 0 Å². The van der Waals surface area contributed by atoms with Crippen molar-refractivity contribution in [2.75, 3.05) is 32.0 Å². The summed E-state index contributed by atoms with van der Waals surface area (Å²) in [6.45, 7) is 0. The molecule has 8 nitrogen and oxygen atoms in total. The summed E-state index contributed by atoms with van der Waals surface area (Å²) in [6.07, 6.45) is 1.37. The largest absolute Gasteiger partial charge is 0.495 e. The number of carbonyl (C=O) groups excluding carboxylic acids is 1. The first kappa shape index (κ1) is 16.6. The average Bonchev–Trinajstić information content (AvgIpc) is 2.55. The summed E-state index contributed by atoms with van der Waals surface area (Å²) in [7, 11) is 4.34. The smallest absolute Gasteiger partial charge is 0.323 e. The van der Waals surface area contributed by atoms with E-state index < -0.39 is 6.03 Å². The van der Waals surface area contributed by atoms with E-state index in [1.807, 2.05) is 0 Å². The molecule has 0 unspecified atom stereocenters. The molecule has 0 aliphatic carbocycles. The molecule has 0 aliphatic rings. The van der Waals surface area contributed by atoms with Gasteiger partial charge in [-0.1, -0.05) is 11.6 Å². The van der Waals surface area contributed by atoms with Gasteiger partial charge in [-0.25, -0.2) is 9.78 Å². The van der Waals surface area contributed by atoms with E-state index in [1.165, 1.54) is 27.5 Å². The molecule has 1 aromatic carbocycles. The lowest BCUT2D eigenvalue weighted by Gasteiger charge is -2.13. The number of hydrogen-bond donors (Lipinski definition) is 2. The normalized spacial score (nSPS) is 9.91. The molecule has 1 aromatic heterocycles. The van der Waals surface area contributed by atoms with Gasteiger partial charge >= 0.3 is 12.0 Å². The highest BCUT2D eigenvalue weighted by Gasteiger charge is 2.13. The average molecular weight is 339 g/mol. The van der Waals surface area contributed by atoms with Crippen LogP contribution in [-0.4, -0.2) is 37.3 Å². The van der Waals surface area contributed by atoms with E-state index >= 15 is 0 Å². The van der Waals surface area contributed by atoms with Gasteiger partial charge in [-0.15, -0.1) is 0 Å². The predicted octanol–water partition coefficient (Wildman–Crippen LogP) is 2.80. The third kappa shape index (κ3) is 4.13. The molecule has 2 rings (SSSR count). The second-order valence-electron chi connectivity index (χ2n) is 4.20. The minimum absolute atomic E-state index is 0.129. The van der Waals surface area contributed by atoms with Crippen molar-refractivity contribution in [1.29, 1.82) is 0 Å². The molecule has 2 aromatic rings. The number of nitrogens with zero attached hydrogens (tertiary/aromatic N) is 2. The topological polar surface area (TPSA) is 94.6 Å². The number of hydrogen-bond acceptors (Lipinski definition) is 6. The molecular formula is C14H15ClN4O4. The molecule has 122 valence electrons. The minimum atomic E-state index is -0.530. The molecule has 0 aliphatic heterocycles. The van der Waals surface area contributed by atoms with Crippen LogP contribution in [0.25, 0.3) is 0 Å². The molecule has 2 N–H and O–H groups in total. The van der Waals surface area contributed by atoms with Crippen molar-refractivity contribution in [3.63, 3.8) is 0 Å². The molecule has 23 heavy (non-hydrogen) atoms. The van der Waals surface area contributed by atoms with Gasteiger partial charge in [-0.3, -0.25) is 0 Å². The Morgan fingerprint density at radius 2 is 1.83 bits per heavy atom. The van der Waals surface area contributed by atoms with Crippen molar-refractivity contribution in [3.05, 3.63) is 29.4 Å². The molecule has 9 heteroatoms. The van der Waals surface area contributed by atoms with Crippen LogP contribution in [0, 0.1) is 0 Å². The highest BCUT2D eigenvalue weighted by atomic mass is 35.5. The molecule has 0 spiro atoms. The molecule has 0 bridgehead atoms. The van der Waals surface area contributed by atoms with Crippen LogP contribution in [0.4, 0.5) is 16.2 Å². The van der Waals surface area contributed by atoms with Gasteiger partial charge in [0.25, 0.3) is 0 Å². The zero-order valence-corrected chi connectivity index (χ0v) is 13.5. The van der Waals surface area contributed by atoms with Crippen LogP contribution in [0.5, 0.6) is 17.6 Å². The van der Waals surface area contributed by atoms with E-state index in [2.05, 4.69) is 20.6 Å².